The number of anilines is 1. The number of carbonyl (C=O) groups excluding carboxylic acids is 1. The minimum atomic E-state index is -4.51. The van der Waals surface area contributed by atoms with Crippen LogP contribution in [0.1, 0.15) is 43.0 Å². The summed E-state index contributed by atoms with van der Waals surface area (Å²) in [6, 6.07) is 5.81. The number of hydrogen-bond acceptors (Lipinski definition) is 6. The van der Waals surface area contributed by atoms with Crippen LogP contribution in [0.15, 0.2) is 30.5 Å². The smallest absolute Gasteiger partial charge is 0.433 e. The van der Waals surface area contributed by atoms with Gasteiger partial charge in [-0.25, -0.2) is 9.97 Å². The number of hydrogen-bond donors (Lipinski definition) is 1. The fraction of sp³-hybridized carbons (Fsp3) is 0.522. The lowest BCUT2D eigenvalue weighted by Gasteiger charge is -2.33. The summed E-state index contributed by atoms with van der Waals surface area (Å²) in [6.45, 7) is 3.49. The Hall–Kier alpha value is -2.68. The highest BCUT2D eigenvalue weighted by atomic mass is 19.4. The Morgan fingerprint density at radius 2 is 1.97 bits per heavy atom. The number of piperidine rings is 1. The van der Waals surface area contributed by atoms with Gasteiger partial charge in [0, 0.05) is 38.2 Å². The van der Waals surface area contributed by atoms with Gasteiger partial charge in [0.25, 0.3) is 0 Å². The number of ketones is 1. The van der Waals surface area contributed by atoms with Crippen molar-refractivity contribution in [3.63, 3.8) is 0 Å². The third-order valence-electron chi connectivity index (χ3n) is 5.54. The molecule has 0 aromatic carbocycles. The van der Waals surface area contributed by atoms with Crippen molar-refractivity contribution in [2.45, 2.75) is 45.2 Å². The van der Waals surface area contributed by atoms with Gasteiger partial charge in [0.05, 0.1) is 6.61 Å². The van der Waals surface area contributed by atoms with Gasteiger partial charge in [-0.05, 0) is 42.4 Å². The van der Waals surface area contributed by atoms with Gasteiger partial charge in [-0.2, -0.15) is 13.2 Å². The molecule has 3 heterocycles. The molecule has 0 saturated carbocycles. The number of carbonyl (C=O) groups is 1. The first-order valence-corrected chi connectivity index (χ1v) is 10.8. The Balaban J connectivity index is 1.66. The molecule has 0 spiro atoms. The number of ether oxygens (including phenoxy) is 1. The molecule has 3 rings (SSSR count). The summed E-state index contributed by atoms with van der Waals surface area (Å²) in [5, 5.41) is 8.76. The number of halogens is 3. The maximum Gasteiger partial charge on any atom is 0.433 e. The molecule has 0 amide bonds. The lowest BCUT2D eigenvalue weighted by Crippen LogP contribution is -2.34. The van der Waals surface area contributed by atoms with Crippen LogP contribution in [0.5, 0.6) is 5.88 Å². The second kappa shape index (κ2) is 10.8. The Kier molecular flexibility index (Phi) is 8.06. The highest BCUT2D eigenvalue weighted by Crippen LogP contribution is 2.32. The van der Waals surface area contributed by atoms with E-state index in [1.807, 2.05) is 4.90 Å². The molecular weight excluding hydrogens is 423 g/mol. The van der Waals surface area contributed by atoms with Crippen LogP contribution in [0.2, 0.25) is 0 Å². The molecule has 1 aliphatic heterocycles. The molecule has 1 saturated heterocycles. The van der Waals surface area contributed by atoms with E-state index in [1.165, 1.54) is 6.07 Å². The summed E-state index contributed by atoms with van der Waals surface area (Å²) < 4.78 is 44.9. The Labute approximate surface area is 185 Å². The molecule has 1 aliphatic rings. The quantitative estimate of drug-likeness (QED) is 0.624. The number of aromatic nitrogens is 2. The number of nitrogens with zero attached hydrogens (tertiary/aromatic N) is 3. The fourth-order valence-corrected chi connectivity index (χ4v) is 3.67. The summed E-state index contributed by atoms with van der Waals surface area (Å²) in [7, 11) is 0. The normalized spacial score (nSPS) is 15.1. The van der Waals surface area contributed by atoms with Crippen molar-refractivity contribution in [2.75, 3.05) is 31.2 Å². The van der Waals surface area contributed by atoms with E-state index in [1.54, 1.807) is 18.3 Å². The van der Waals surface area contributed by atoms with E-state index < -0.39 is 11.9 Å². The average Bonchev–Trinajstić information content (AvgIpc) is 2.77. The largest absolute Gasteiger partial charge is 0.475 e. The third kappa shape index (κ3) is 6.66. The zero-order valence-corrected chi connectivity index (χ0v) is 18.1. The zero-order chi connectivity index (χ0) is 23.1. The fourth-order valence-electron chi connectivity index (χ4n) is 3.67. The van der Waals surface area contributed by atoms with Crippen molar-refractivity contribution >= 4 is 11.6 Å². The molecule has 2 aromatic heterocycles. The second-order valence-corrected chi connectivity index (χ2v) is 8.14. The van der Waals surface area contributed by atoms with Gasteiger partial charge in [0.15, 0.2) is 0 Å². The van der Waals surface area contributed by atoms with Gasteiger partial charge < -0.3 is 14.7 Å². The van der Waals surface area contributed by atoms with Crippen LogP contribution in [-0.4, -0.2) is 47.2 Å². The van der Waals surface area contributed by atoms with Crippen LogP contribution >= 0.6 is 0 Å². The van der Waals surface area contributed by atoms with E-state index in [2.05, 4.69) is 16.9 Å². The SMILES string of the molecule is CC1CCN(c2nc(C(F)(F)F)ccc2CCC(=O)Cc2ccc(OCCO)nc2)CC1. The first-order chi connectivity index (χ1) is 15.3. The van der Waals surface area contributed by atoms with Crippen molar-refractivity contribution in [3.05, 3.63) is 47.3 Å². The summed E-state index contributed by atoms with van der Waals surface area (Å²) in [6.07, 6.45) is -0.444. The van der Waals surface area contributed by atoms with Crippen LogP contribution in [0.3, 0.4) is 0 Å². The molecule has 0 aliphatic carbocycles. The monoisotopic (exact) mass is 451 g/mol. The molecule has 174 valence electrons. The predicted molar refractivity (Wildman–Crippen MR) is 114 cm³/mol. The van der Waals surface area contributed by atoms with Crippen molar-refractivity contribution in [2.24, 2.45) is 5.92 Å². The van der Waals surface area contributed by atoms with Gasteiger partial charge in [-0.1, -0.05) is 19.1 Å². The highest BCUT2D eigenvalue weighted by Gasteiger charge is 2.34. The van der Waals surface area contributed by atoms with Gasteiger partial charge in [-0.3, -0.25) is 4.79 Å². The maximum atomic E-state index is 13.2. The molecule has 9 heteroatoms. The number of aryl methyl sites for hydroxylation is 1. The molecule has 0 unspecified atom stereocenters. The van der Waals surface area contributed by atoms with Gasteiger partial charge in [0.2, 0.25) is 5.88 Å². The minimum Gasteiger partial charge on any atom is -0.475 e. The van der Waals surface area contributed by atoms with Gasteiger partial charge in [0.1, 0.15) is 23.9 Å². The van der Waals surface area contributed by atoms with Gasteiger partial charge in [-0.15, -0.1) is 0 Å². The molecule has 6 nitrogen and oxygen atoms in total. The lowest BCUT2D eigenvalue weighted by molar-refractivity contribution is -0.141. The van der Waals surface area contributed by atoms with E-state index in [-0.39, 0.29) is 31.8 Å². The van der Waals surface area contributed by atoms with Crippen LogP contribution in [0, 0.1) is 5.92 Å². The van der Waals surface area contributed by atoms with Crippen molar-refractivity contribution in [1.29, 1.82) is 0 Å². The third-order valence-corrected chi connectivity index (χ3v) is 5.54. The molecule has 1 fully saturated rings. The molecule has 2 aromatic rings. The number of aliphatic hydroxyl groups excluding tert-OH is 1. The first-order valence-electron chi connectivity index (χ1n) is 10.8. The molecule has 0 bridgehead atoms. The topological polar surface area (TPSA) is 75.6 Å². The zero-order valence-electron chi connectivity index (χ0n) is 18.1. The van der Waals surface area contributed by atoms with Crippen molar-refractivity contribution in [1.82, 2.24) is 9.97 Å². The highest BCUT2D eigenvalue weighted by molar-refractivity contribution is 5.81. The number of aliphatic hydroxyl groups is 1. The molecule has 32 heavy (non-hydrogen) atoms. The maximum absolute atomic E-state index is 13.2. The average molecular weight is 451 g/mol. The number of alkyl halides is 3. The minimum absolute atomic E-state index is 0.0334. The van der Waals surface area contributed by atoms with E-state index in [4.69, 9.17) is 9.84 Å². The van der Waals surface area contributed by atoms with E-state index in [9.17, 15) is 18.0 Å². The second-order valence-electron chi connectivity index (χ2n) is 8.14. The van der Waals surface area contributed by atoms with E-state index in [0.29, 0.717) is 42.7 Å². The molecular formula is C23H28F3N3O3. The first kappa shape index (κ1) is 24.0. The molecule has 1 N–H and O–H groups in total. The van der Waals surface area contributed by atoms with Crippen LogP contribution in [-0.2, 0) is 23.8 Å². The molecule has 0 radical (unpaired) electrons. The van der Waals surface area contributed by atoms with Crippen LogP contribution in [0.4, 0.5) is 19.0 Å². The van der Waals surface area contributed by atoms with Crippen molar-refractivity contribution in [3.8, 4) is 5.88 Å². The number of pyridine rings is 2. The van der Waals surface area contributed by atoms with Gasteiger partial charge >= 0.3 is 6.18 Å². The van der Waals surface area contributed by atoms with Crippen LogP contribution in [0.25, 0.3) is 0 Å². The number of Topliss-reactive ketones (excluding diaryl/α,β-unsaturated/α-hetero) is 1. The molecule has 0 atom stereocenters. The van der Waals surface area contributed by atoms with Crippen LogP contribution < -0.4 is 9.64 Å². The Morgan fingerprint density at radius 3 is 2.59 bits per heavy atom. The lowest BCUT2D eigenvalue weighted by atomic mass is 9.98. The summed E-state index contributed by atoms with van der Waals surface area (Å²) >= 11 is 0. The Bertz CT molecular complexity index is 896. The summed E-state index contributed by atoms with van der Waals surface area (Å²) in [5.41, 5.74) is 0.477. The predicted octanol–water partition coefficient (Wildman–Crippen LogP) is 3.85. The summed E-state index contributed by atoms with van der Waals surface area (Å²) in [4.78, 5) is 22.4. The summed E-state index contributed by atoms with van der Waals surface area (Å²) in [5.74, 6) is 1.21. The van der Waals surface area contributed by atoms with E-state index >= 15 is 0 Å². The Morgan fingerprint density at radius 1 is 1.22 bits per heavy atom. The van der Waals surface area contributed by atoms with E-state index in [0.717, 1.165) is 24.5 Å². The standard InChI is InChI=1S/C23H28F3N3O3/c1-16-8-10-29(11-9-16)22-18(4-6-20(28-22)23(24,25)26)3-5-19(31)14-17-2-7-21(27-15-17)32-13-12-30/h2,4,6-7,15-16,30H,3,5,8-14H2,1H3. The number of rotatable bonds is 9. The van der Waals surface area contributed by atoms with Crippen molar-refractivity contribution < 1.29 is 27.8 Å².